The second-order valence-corrected chi connectivity index (χ2v) is 9.01. The van der Waals surface area contributed by atoms with Crippen LogP contribution in [0.15, 0.2) is 76.3 Å². The molecule has 0 spiro atoms. The van der Waals surface area contributed by atoms with Gasteiger partial charge in [-0.25, -0.2) is 4.79 Å². The van der Waals surface area contributed by atoms with Gasteiger partial charge in [-0.2, -0.15) is 4.98 Å². The fourth-order valence-corrected chi connectivity index (χ4v) is 4.78. The third-order valence-corrected chi connectivity index (χ3v) is 6.76. The molecule has 0 radical (unpaired) electrons. The number of methoxy groups -OCH3 is 2. The second kappa shape index (κ2) is 9.63. The minimum Gasteiger partial charge on any atom is -0.497 e. The van der Waals surface area contributed by atoms with Gasteiger partial charge >= 0.3 is 6.03 Å². The third kappa shape index (κ3) is 4.50. The zero-order valence-electron chi connectivity index (χ0n) is 19.5. The Morgan fingerprint density at radius 2 is 1.83 bits per heavy atom. The van der Waals surface area contributed by atoms with Crippen LogP contribution in [-0.4, -0.2) is 35.3 Å². The van der Waals surface area contributed by atoms with Crippen LogP contribution < -0.4 is 14.8 Å². The second-order valence-electron chi connectivity index (χ2n) is 7.98. The van der Waals surface area contributed by atoms with Crippen molar-refractivity contribution in [2.75, 3.05) is 14.2 Å². The van der Waals surface area contributed by atoms with E-state index in [1.165, 1.54) is 0 Å². The van der Waals surface area contributed by atoms with E-state index in [2.05, 4.69) is 10.5 Å². The number of hydrogen-bond acceptors (Lipinski definition) is 7. The van der Waals surface area contributed by atoms with Crippen molar-refractivity contribution in [3.05, 3.63) is 88.1 Å². The van der Waals surface area contributed by atoms with E-state index in [1.807, 2.05) is 73.0 Å². The number of rotatable bonds is 7. The van der Waals surface area contributed by atoms with Gasteiger partial charge in [-0.15, -0.1) is 11.3 Å². The summed E-state index contributed by atoms with van der Waals surface area (Å²) >= 11 is 1.60. The van der Waals surface area contributed by atoms with E-state index in [1.54, 1.807) is 30.5 Å². The average Bonchev–Trinajstić information content (AvgIpc) is 3.59. The van der Waals surface area contributed by atoms with Crippen LogP contribution in [0.2, 0.25) is 0 Å². The maximum absolute atomic E-state index is 13.2. The number of allylic oxidation sites excluding steroid dienone is 1. The lowest BCUT2D eigenvalue weighted by molar-refractivity contribution is 0.203. The Kier molecular flexibility index (Phi) is 6.24. The van der Waals surface area contributed by atoms with E-state index in [-0.39, 0.29) is 6.03 Å². The highest BCUT2D eigenvalue weighted by molar-refractivity contribution is 7.09. The summed E-state index contributed by atoms with van der Waals surface area (Å²) in [5.41, 5.74) is 3.10. The van der Waals surface area contributed by atoms with Gasteiger partial charge in [0.05, 0.1) is 32.4 Å². The Morgan fingerprint density at radius 3 is 2.57 bits per heavy atom. The molecule has 0 aliphatic carbocycles. The van der Waals surface area contributed by atoms with Gasteiger partial charge in [-0.1, -0.05) is 35.5 Å². The van der Waals surface area contributed by atoms with Crippen LogP contribution in [0, 0.1) is 0 Å². The normalized spacial score (nSPS) is 15.8. The van der Waals surface area contributed by atoms with Crippen molar-refractivity contribution < 1.29 is 18.8 Å². The molecule has 2 aromatic heterocycles. The number of nitrogens with zero attached hydrogens (tertiary/aromatic N) is 3. The summed E-state index contributed by atoms with van der Waals surface area (Å²) in [6.45, 7) is 2.35. The predicted octanol–water partition coefficient (Wildman–Crippen LogP) is 5.51. The molecule has 35 heavy (non-hydrogen) atoms. The van der Waals surface area contributed by atoms with Crippen molar-refractivity contribution >= 4 is 22.9 Å². The minimum absolute atomic E-state index is 0.194. The molecule has 2 amide bonds. The molecule has 1 aliphatic heterocycles. The van der Waals surface area contributed by atoms with Crippen molar-refractivity contribution in [3.63, 3.8) is 0 Å². The maximum atomic E-state index is 13.2. The zero-order chi connectivity index (χ0) is 24.4. The maximum Gasteiger partial charge on any atom is 0.322 e. The number of carbonyl (C=O) groups excluding carboxylic acids is 1. The molecule has 1 atom stereocenters. The predicted molar refractivity (Wildman–Crippen MR) is 133 cm³/mol. The van der Waals surface area contributed by atoms with Crippen LogP contribution in [0.25, 0.3) is 17.0 Å². The molecular formula is C26H24N4O4S. The molecule has 0 fully saturated rings. The largest absolute Gasteiger partial charge is 0.497 e. The van der Waals surface area contributed by atoms with E-state index in [4.69, 9.17) is 19.0 Å². The van der Waals surface area contributed by atoms with Gasteiger partial charge in [0, 0.05) is 16.1 Å². The van der Waals surface area contributed by atoms with Crippen molar-refractivity contribution in [1.29, 1.82) is 0 Å². The van der Waals surface area contributed by atoms with Gasteiger partial charge in [-0.3, -0.25) is 4.90 Å². The summed E-state index contributed by atoms with van der Waals surface area (Å²) in [6, 6.07) is 18.3. The Bertz CT molecular complexity index is 1380. The van der Waals surface area contributed by atoms with Crippen molar-refractivity contribution in [2.24, 2.45) is 0 Å². The van der Waals surface area contributed by atoms with Crippen LogP contribution in [0.1, 0.15) is 29.3 Å². The molecule has 3 heterocycles. The first-order valence-electron chi connectivity index (χ1n) is 11.0. The molecule has 0 bridgehead atoms. The topological polar surface area (TPSA) is 89.7 Å². The summed E-state index contributed by atoms with van der Waals surface area (Å²) in [7, 11) is 3.22. The minimum atomic E-state index is -0.490. The molecular weight excluding hydrogens is 464 g/mol. The first-order valence-corrected chi connectivity index (χ1v) is 11.9. The molecule has 1 aliphatic rings. The summed E-state index contributed by atoms with van der Waals surface area (Å²) in [5, 5.41) is 9.34. The smallest absolute Gasteiger partial charge is 0.322 e. The van der Waals surface area contributed by atoms with Crippen LogP contribution >= 0.6 is 11.3 Å². The fraction of sp³-hybridized carbons (Fsp3) is 0.192. The number of ether oxygens (including phenoxy) is 2. The Hall–Kier alpha value is -4.11. The zero-order valence-corrected chi connectivity index (χ0v) is 20.3. The molecule has 8 nitrogen and oxygen atoms in total. The molecule has 2 aromatic carbocycles. The van der Waals surface area contributed by atoms with E-state index in [9.17, 15) is 4.79 Å². The van der Waals surface area contributed by atoms with Gasteiger partial charge < -0.3 is 19.3 Å². The highest BCUT2D eigenvalue weighted by atomic mass is 32.1. The summed E-state index contributed by atoms with van der Waals surface area (Å²) in [4.78, 5) is 20.7. The number of carbonyl (C=O) groups is 1. The Morgan fingerprint density at radius 1 is 1.06 bits per heavy atom. The van der Waals surface area contributed by atoms with Crippen molar-refractivity contribution in [3.8, 4) is 22.9 Å². The lowest BCUT2D eigenvalue weighted by atomic mass is 9.94. The summed E-state index contributed by atoms with van der Waals surface area (Å²) < 4.78 is 16.5. The van der Waals surface area contributed by atoms with Crippen LogP contribution in [0.5, 0.6) is 11.5 Å². The number of benzene rings is 2. The highest BCUT2D eigenvalue weighted by Gasteiger charge is 2.36. The number of hydrogen-bond donors (Lipinski definition) is 1. The van der Waals surface area contributed by atoms with E-state index >= 15 is 0 Å². The van der Waals surface area contributed by atoms with Gasteiger partial charge in [0.2, 0.25) is 5.82 Å². The van der Waals surface area contributed by atoms with Gasteiger partial charge in [-0.05, 0) is 48.2 Å². The van der Waals surface area contributed by atoms with Crippen LogP contribution in [0.3, 0.4) is 0 Å². The van der Waals surface area contributed by atoms with Crippen LogP contribution in [0.4, 0.5) is 4.79 Å². The van der Waals surface area contributed by atoms with Gasteiger partial charge in [0.15, 0.2) is 0 Å². The molecule has 0 saturated carbocycles. The summed E-state index contributed by atoms with van der Waals surface area (Å²) in [5.74, 6) is 2.16. The molecule has 5 rings (SSSR count). The monoisotopic (exact) mass is 488 g/mol. The van der Waals surface area contributed by atoms with E-state index in [0.717, 1.165) is 27.3 Å². The first-order chi connectivity index (χ1) is 17.1. The van der Waals surface area contributed by atoms with E-state index in [0.29, 0.717) is 29.8 Å². The number of amides is 2. The number of aromatic nitrogens is 2. The Labute approximate surface area is 206 Å². The molecule has 178 valence electrons. The molecule has 1 N–H and O–H groups in total. The van der Waals surface area contributed by atoms with Gasteiger partial charge in [0.1, 0.15) is 11.5 Å². The van der Waals surface area contributed by atoms with Gasteiger partial charge in [0.25, 0.3) is 5.89 Å². The average molecular weight is 489 g/mol. The number of thiophene rings is 1. The molecule has 0 saturated heterocycles. The standard InChI is InChI=1S/C26H24N4O4S/c1-16-22(25-28-24(29-34-25)18-8-5-10-20(14-18)33-3)23(17-7-4-9-19(13-17)32-2)27-26(31)30(16)15-21-11-6-12-35-21/h4-14,23H,15H2,1-3H3,(H,27,31). The Balaban J connectivity index is 1.60. The molecule has 4 aromatic rings. The molecule has 9 heteroatoms. The van der Waals surface area contributed by atoms with Crippen LogP contribution in [-0.2, 0) is 6.54 Å². The summed E-state index contributed by atoms with van der Waals surface area (Å²) in [6.07, 6.45) is 0. The molecule has 1 unspecified atom stereocenters. The van der Waals surface area contributed by atoms with Crippen molar-refractivity contribution in [1.82, 2.24) is 20.4 Å². The quantitative estimate of drug-likeness (QED) is 0.369. The third-order valence-electron chi connectivity index (χ3n) is 5.90. The number of nitrogens with one attached hydrogen (secondary N) is 1. The lowest BCUT2D eigenvalue weighted by Gasteiger charge is -2.35. The first kappa shape index (κ1) is 22.7. The number of urea groups is 1. The van der Waals surface area contributed by atoms with Crippen molar-refractivity contribution in [2.45, 2.75) is 19.5 Å². The lowest BCUT2D eigenvalue weighted by Crippen LogP contribution is -2.45. The van der Waals surface area contributed by atoms with E-state index < -0.39 is 6.04 Å². The SMILES string of the molecule is COc1cccc(-c2noc(C3=C(C)N(Cc4cccs4)C(=O)NC3c3cccc(OC)c3)n2)c1. The highest BCUT2D eigenvalue weighted by Crippen LogP contribution is 2.39. The fourth-order valence-electron chi connectivity index (χ4n) is 4.09.